The summed E-state index contributed by atoms with van der Waals surface area (Å²) >= 11 is 0. The molecular weight excluding hydrogens is 230 g/mol. The van der Waals surface area contributed by atoms with E-state index in [1.165, 1.54) is 4.63 Å². The highest BCUT2D eigenvalue weighted by Gasteiger charge is 2.17. The maximum Gasteiger partial charge on any atom is 0.200 e. The van der Waals surface area contributed by atoms with Crippen LogP contribution in [-0.2, 0) is 0 Å². The van der Waals surface area contributed by atoms with Crippen molar-refractivity contribution < 1.29 is 0 Å². The predicted octanol–water partition coefficient (Wildman–Crippen LogP) is 0.473. The molecule has 0 aliphatic carbocycles. The van der Waals surface area contributed by atoms with E-state index in [0.717, 1.165) is 25.2 Å². The van der Waals surface area contributed by atoms with Gasteiger partial charge >= 0.3 is 0 Å². The van der Waals surface area contributed by atoms with Gasteiger partial charge in [0.2, 0.25) is 0 Å². The van der Waals surface area contributed by atoms with Crippen molar-refractivity contribution >= 4 is 11.5 Å². The first kappa shape index (κ1) is 12.7. The minimum absolute atomic E-state index is 0.440. The molecule has 18 heavy (non-hydrogen) atoms. The van der Waals surface area contributed by atoms with Gasteiger partial charge in [0.05, 0.1) is 0 Å². The lowest BCUT2D eigenvalue weighted by molar-refractivity contribution is 0.547. The summed E-state index contributed by atoms with van der Waals surface area (Å²) in [6.45, 7) is 5.74. The van der Waals surface area contributed by atoms with Crippen LogP contribution in [0.2, 0.25) is 0 Å². The standard InChI is InChI=1S/C11H19N7/c1-3-9(4-2)17(8-7-12)11-6-5-10-13-15-16-18(10)14-11/h5-6,9H,3-4,7-8,12H2,1-2H3. The van der Waals surface area contributed by atoms with Crippen LogP contribution < -0.4 is 10.6 Å². The van der Waals surface area contributed by atoms with E-state index in [1.54, 1.807) is 0 Å². The van der Waals surface area contributed by atoms with Crippen molar-refractivity contribution in [1.82, 2.24) is 25.3 Å². The molecular formula is C11H19N7. The summed E-state index contributed by atoms with van der Waals surface area (Å²) in [5.41, 5.74) is 6.34. The second-order valence-corrected chi connectivity index (χ2v) is 4.17. The quantitative estimate of drug-likeness (QED) is 0.801. The van der Waals surface area contributed by atoms with E-state index in [-0.39, 0.29) is 0 Å². The summed E-state index contributed by atoms with van der Waals surface area (Å²) in [5, 5.41) is 15.7. The average Bonchev–Trinajstić information content (AvgIpc) is 2.86. The number of nitrogens with two attached hydrogens (primary N) is 1. The van der Waals surface area contributed by atoms with E-state index in [1.807, 2.05) is 12.1 Å². The van der Waals surface area contributed by atoms with Gasteiger partial charge < -0.3 is 10.6 Å². The SMILES string of the molecule is CCC(CC)N(CCN)c1ccc2nnnn2n1. The Morgan fingerprint density at radius 1 is 1.33 bits per heavy atom. The van der Waals surface area contributed by atoms with E-state index >= 15 is 0 Å². The zero-order valence-corrected chi connectivity index (χ0v) is 10.8. The third-order valence-corrected chi connectivity index (χ3v) is 3.10. The normalized spacial score (nSPS) is 11.3. The Morgan fingerprint density at radius 3 is 2.78 bits per heavy atom. The van der Waals surface area contributed by atoms with Crippen molar-refractivity contribution in [3.05, 3.63) is 12.1 Å². The van der Waals surface area contributed by atoms with Crippen LogP contribution in [0.4, 0.5) is 5.82 Å². The Balaban J connectivity index is 2.33. The summed E-state index contributed by atoms with van der Waals surface area (Å²) in [6.07, 6.45) is 2.12. The largest absolute Gasteiger partial charge is 0.351 e. The third-order valence-electron chi connectivity index (χ3n) is 3.10. The Kier molecular flexibility index (Phi) is 4.03. The molecule has 0 aliphatic rings. The average molecular weight is 249 g/mol. The van der Waals surface area contributed by atoms with Crippen molar-refractivity contribution in [2.24, 2.45) is 5.73 Å². The number of nitrogens with zero attached hydrogens (tertiary/aromatic N) is 6. The van der Waals surface area contributed by atoms with Gasteiger partial charge in [-0.2, -0.15) is 0 Å². The van der Waals surface area contributed by atoms with E-state index in [4.69, 9.17) is 5.73 Å². The molecule has 7 nitrogen and oxygen atoms in total. The molecule has 2 N–H and O–H groups in total. The first-order chi connectivity index (χ1) is 8.80. The van der Waals surface area contributed by atoms with Crippen molar-refractivity contribution in [2.75, 3.05) is 18.0 Å². The maximum absolute atomic E-state index is 5.69. The number of rotatable bonds is 6. The van der Waals surface area contributed by atoms with Crippen molar-refractivity contribution in [2.45, 2.75) is 32.7 Å². The van der Waals surface area contributed by atoms with Crippen LogP contribution in [0.15, 0.2) is 12.1 Å². The number of aromatic nitrogens is 5. The first-order valence-corrected chi connectivity index (χ1v) is 6.32. The van der Waals surface area contributed by atoms with Gasteiger partial charge in [-0.15, -0.1) is 14.8 Å². The lowest BCUT2D eigenvalue weighted by Crippen LogP contribution is -2.39. The minimum Gasteiger partial charge on any atom is -0.351 e. The minimum atomic E-state index is 0.440. The molecule has 2 aromatic heterocycles. The summed E-state index contributed by atoms with van der Waals surface area (Å²) in [5.74, 6) is 0.869. The number of anilines is 1. The zero-order valence-electron chi connectivity index (χ0n) is 10.8. The molecule has 0 bridgehead atoms. The lowest BCUT2D eigenvalue weighted by atomic mass is 10.1. The number of hydrogen-bond donors (Lipinski definition) is 1. The molecule has 7 heteroatoms. The van der Waals surface area contributed by atoms with Crippen LogP contribution in [0.1, 0.15) is 26.7 Å². The zero-order chi connectivity index (χ0) is 13.0. The first-order valence-electron chi connectivity index (χ1n) is 6.32. The van der Waals surface area contributed by atoms with Gasteiger partial charge in [-0.25, -0.2) is 0 Å². The highest BCUT2D eigenvalue weighted by Crippen LogP contribution is 2.17. The molecule has 0 fully saturated rings. The van der Waals surface area contributed by atoms with Gasteiger partial charge in [-0.3, -0.25) is 0 Å². The van der Waals surface area contributed by atoms with Gasteiger partial charge in [0, 0.05) is 19.1 Å². The summed E-state index contributed by atoms with van der Waals surface area (Å²) in [4.78, 5) is 2.22. The molecule has 0 unspecified atom stereocenters. The van der Waals surface area contributed by atoms with Gasteiger partial charge in [0.25, 0.3) is 0 Å². The molecule has 0 amide bonds. The van der Waals surface area contributed by atoms with Crippen molar-refractivity contribution in [1.29, 1.82) is 0 Å². The van der Waals surface area contributed by atoms with Crippen LogP contribution in [0.3, 0.4) is 0 Å². The predicted molar refractivity (Wildman–Crippen MR) is 69.3 cm³/mol. The summed E-state index contributed by atoms with van der Waals surface area (Å²) < 4.78 is 1.45. The van der Waals surface area contributed by atoms with Gasteiger partial charge in [-0.05, 0) is 35.4 Å². The number of hydrogen-bond acceptors (Lipinski definition) is 6. The highest BCUT2D eigenvalue weighted by atomic mass is 15.6. The monoisotopic (exact) mass is 249 g/mol. The van der Waals surface area contributed by atoms with Crippen LogP contribution in [0.5, 0.6) is 0 Å². The maximum atomic E-state index is 5.69. The third kappa shape index (κ3) is 2.40. The van der Waals surface area contributed by atoms with Crippen molar-refractivity contribution in [3.63, 3.8) is 0 Å². The lowest BCUT2D eigenvalue weighted by Gasteiger charge is -2.30. The van der Waals surface area contributed by atoms with Gasteiger partial charge in [-0.1, -0.05) is 13.8 Å². The second kappa shape index (κ2) is 5.72. The Hall–Kier alpha value is -1.76. The van der Waals surface area contributed by atoms with Gasteiger partial charge in [0.15, 0.2) is 11.5 Å². The van der Waals surface area contributed by atoms with E-state index in [0.29, 0.717) is 18.2 Å². The molecule has 98 valence electrons. The van der Waals surface area contributed by atoms with Crippen LogP contribution in [-0.4, -0.2) is 44.4 Å². The topological polar surface area (TPSA) is 85.2 Å². The molecule has 0 atom stereocenters. The number of tetrazole rings is 1. The van der Waals surface area contributed by atoms with Crippen LogP contribution in [0.25, 0.3) is 5.65 Å². The van der Waals surface area contributed by atoms with Gasteiger partial charge in [0.1, 0.15) is 0 Å². The molecule has 0 spiro atoms. The summed E-state index contributed by atoms with van der Waals surface area (Å²) in [7, 11) is 0. The highest BCUT2D eigenvalue weighted by molar-refractivity contribution is 5.45. The fourth-order valence-corrected chi connectivity index (χ4v) is 2.15. The molecule has 2 heterocycles. The molecule has 0 saturated heterocycles. The smallest absolute Gasteiger partial charge is 0.200 e. The van der Waals surface area contributed by atoms with Crippen LogP contribution in [0, 0.1) is 0 Å². The number of fused-ring (bicyclic) bond motifs is 1. The molecule has 0 saturated carbocycles. The molecule has 2 rings (SSSR count). The fourth-order valence-electron chi connectivity index (χ4n) is 2.15. The van der Waals surface area contributed by atoms with Crippen LogP contribution >= 0.6 is 0 Å². The van der Waals surface area contributed by atoms with Crippen molar-refractivity contribution in [3.8, 4) is 0 Å². The summed E-state index contributed by atoms with van der Waals surface area (Å²) in [6, 6.07) is 4.25. The molecule has 0 radical (unpaired) electrons. The Morgan fingerprint density at radius 2 is 2.11 bits per heavy atom. The molecule has 0 aromatic carbocycles. The van der Waals surface area contributed by atoms with E-state index in [2.05, 4.69) is 39.4 Å². The van der Waals surface area contributed by atoms with E-state index in [9.17, 15) is 0 Å². The second-order valence-electron chi connectivity index (χ2n) is 4.17. The molecule has 2 aromatic rings. The Bertz CT molecular complexity index is 491. The molecule has 0 aliphatic heterocycles. The fraction of sp³-hybridized carbons (Fsp3) is 0.636. The van der Waals surface area contributed by atoms with E-state index < -0.39 is 0 Å². The Labute approximate surface area is 106 Å².